The fraction of sp³-hybridized carbons (Fsp3) is 0.385. The van der Waals surface area contributed by atoms with Crippen molar-refractivity contribution in [2.75, 3.05) is 36.5 Å². The molecule has 0 bridgehead atoms. The zero-order chi connectivity index (χ0) is 13.8. The number of benzene rings is 1. The van der Waals surface area contributed by atoms with Crippen LogP contribution in [0.5, 0.6) is 0 Å². The molecule has 1 aliphatic rings. The molecule has 1 aromatic heterocycles. The molecule has 106 valence electrons. The van der Waals surface area contributed by atoms with Gasteiger partial charge in [0.05, 0.1) is 13.2 Å². The molecule has 2 heterocycles. The molecule has 0 saturated carbocycles. The van der Waals surface area contributed by atoms with E-state index in [2.05, 4.69) is 25.4 Å². The summed E-state index contributed by atoms with van der Waals surface area (Å²) in [4.78, 5) is 6.54. The number of rotatable bonds is 4. The molecule has 20 heavy (non-hydrogen) atoms. The van der Waals surface area contributed by atoms with E-state index in [1.165, 1.54) is 0 Å². The van der Waals surface area contributed by atoms with Crippen molar-refractivity contribution < 1.29 is 4.74 Å². The Labute approximate surface area is 122 Å². The molecular weight excluding hydrogens is 278 g/mol. The molecule has 7 heteroatoms. The molecule has 2 aromatic rings. The summed E-state index contributed by atoms with van der Waals surface area (Å²) in [6.45, 7) is 3.78. The minimum atomic E-state index is 0.668. The lowest BCUT2D eigenvalue weighted by atomic mass is 10.2. The van der Waals surface area contributed by atoms with Crippen molar-refractivity contribution in [3.8, 4) is 0 Å². The highest BCUT2D eigenvalue weighted by Gasteiger charge is 2.15. The Bertz CT molecular complexity index is 550. The van der Waals surface area contributed by atoms with Gasteiger partial charge in [-0.2, -0.15) is 4.98 Å². The summed E-state index contributed by atoms with van der Waals surface area (Å²) in [5.41, 5.74) is 1.14. The molecule has 0 unspecified atom stereocenters. The molecule has 3 rings (SSSR count). The topological polar surface area (TPSA) is 66.1 Å². The van der Waals surface area contributed by atoms with E-state index < -0.39 is 0 Å². The number of anilines is 2. The third-order valence-corrected chi connectivity index (χ3v) is 3.39. The van der Waals surface area contributed by atoms with Gasteiger partial charge in [0.25, 0.3) is 0 Å². The van der Waals surface area contributed by atoms with Crippen LogP contribution < -0.4 is 10.2 Å². The van der Waals surface area contributed by atoms with Gasteiger partial charge in [0.15, 0.2) is 0 Å². The van der Waals surface area contributed by atoms with Crippen molar-refractivity contribution in [2.24, 2.45) is 0 Å². The summed E-state index contributed by atoms with van der Waals surface area (Å²) in [5, 5.41) is 11.1. The number of hydrogen-bond acceptors (Lipinski definition) is 5. The van der Waals surface area contributed by atoms with Gasteiger partial charge in [-0.1, -0.05) is 23.7 Å². The molecule has 0 amide bonds. The zero-order valence-electron chi connectivity index (χ0n) is 11.0. The second-order valence-corrected chi connectivity index (χ2v) is 5.00. The minimum absolute atomic E-state index is 0.668. The Morgan fingerprint density at radius 2 is 2.00 bits per heavy atom. The first kappa shape index (κ1) is 13.2. The smallest absolute Gasteiger partial charge is 0.246 e. The maximum absolute atomic E-state index is 5.85. The molecule has 1 aromatic carbocycles. The lowest BCUT2D eigenvalue weighted by molar-refractivity contribution is 0.122. The predicted octanol–water partition coefficient (Wildman–Crippen LogP) is 1.91. The fourth-order valence-corrected chi connectivity index (χ4v) is 2.15. The van der Waals surface area contributed by atoms with Gasteiger partial charge in [-0.05, 0) is 17.7 Å². The number of hydrogen-bond donors (Lipinski definition) is 2. The first-order chi connectivity index (χ1) is 9.81. The number of nitrogens with one attached hydrogen (secondary N) is 2. The van der Waals surface area contributed by atoms with E-state index in [0.29, 0.717) is 18.4 Å². The number of H-pyrrole nitrogens is 1. The molecule has 0 radical (unpaired) electrons. The van der Waals surface area contributed by atoms with Crippen LogP contribution in [0.4, 0.5) is 11.9 Å². The number of ether oxygens (including phenoxy) is 1. The quantitative estimate of drug-likeness (QED) is 0.901. The van der Waals surface area contributed by atoms with Crippen molar-refractivity contribution >= 4 is 23.5 Å². The Morgan fingerprint density at radius 1 is 1.25 bits per heavy atom. The standard InChI is InChI=1S/C13H16ClN5O/c14-11-3-1-10(2-4-11)9-15-12-16-13(18-17-12)19-5-7-20-8-6-19/h1-4H,5-9H2,(H2,15,16,17,18). The average molecular weight is 294 g/mol. The third-order valence-electron chi connectivity index (χ3n) is 3.14. The summed E-state index contributed by atoms with van der Waals surface area (Å²) >= 11 is 5.85. The highest BCUT2D eigenvalue weighted by Crippen LogP contribution is 2.13. The van der Waals surface area contributed by atoms with E-state index in [1.807, 2.05) is 24.3 Å². The minimum Gasteiger partial charge on any atom is -0.378 e. The molecule has 1 saturated heterocycles. The van der Waals surface area contributed by atoms with Crippen molar-refractivity contribution in [2.45, 2.75) is 6.54 Å². The molecule has 6 nitrogen and oxygen atoms in total. The third kappa shape index (κ3) is 3.20. The van der Waals surface area contributed by atoms with Crippen LogP contribution in [0.15, 0.2) is 24.3 Å². The predicted molar refractivity (Wildman–Crippen MR) is 78.2 cm³/mol. The number of aromatic amines is 1. The van der Waals surface area contributed by atoms with E-state index >= 15 is 0 Å². The van der Waals surface area contributed by atoms with Crippen LogP contribution >= 0.6 is 11.6 Å². The molecule has 1 fully saturated rings. The first-order valence-electron chi connectivity index (χ1n) is 6.55. The van der Waals surface area contributed by atoms with Crippen molar-refractivity contribution in [1.29, 1.82) is 0 Å². The highest BCUT2D eigenvalue weighted by molar-refractivity contribution is 6.30. The van der Waals surface area contributed by atoms with Crippen molar-refractivity contribution in [1.82, 2.24) is 15.2 Å². The second kappa shape index (κ2) is 6.11. The van der Waals surface area contributed by atoms with Crippen LogP contribution in [-0.2, 0) is 11.3 Å². The number of aromatic nitrogens is 3. The summed E-state index contributed by atoms with van der Waals surface area (Å²) < 4.78 is 5.31. The van der Waals surface area contributed by atoms with Gasteiger partial charge >= 0.3 is 0 Å². The van der Waals surface area contributed by atoms with Gasteiger partial charge in [-0.15, -0.1) is 5.10 Å². The highest BCUT2D eigenvalue weighted by atomic mass is 35.5. The van der Waals surface area contributed by atoms with Gasteiger partial charge in [0.1, 0.15) is 0 Å². The van der Waals surface area contributed by atoms with E-state index in [4.69, 9.17) is 16.3 Å². The molecule has 0 spiro atoms. The maximum atomic E-state index is 5.85. The van der Waals surface area contributed by atoms with Gasteiger partial charge in [-0.25, -0.2) is 5.10 Å². The van der Waals surface area contributed by atoms with Crippen LogP contribution in [0.2, 0.25) is 5.02 Å². The number of morpholine rings is 1. The van der Waals surface area contributed by atoms with Gasteiger partial charge in [-0.3, -0.25) is 0 Å². The zero-order valence-corrected chi connectivity index (χ0v) is 11.7. The first-order valence-corrected chi connectivity index (χ1v) is 6.92. The Morgan fingerprint density at radius 3 is 2.75 bits per heavy atom. The van der Waals surface area contributed by atoms with Crippen LogP contribution in [0.3, 0.4) is 0 Å². The average Bonchev–Trinajstić information content (AvgIpc) is 2.97. The van der Waals surface area contributed by atoms with E-state index in [1.54, 1.807) is 0 Å². The van der Waals surface area contributed by atoms with Gasteiger partial charge in [0.2, 0.25) is 11.9 Å². The fourth-order valence-electron chi connectivity index (χ4n) is 2.02. The molecule has 0 aliphatic carbocycles. The second-order valence-electron chi connectivity index (χ2n) is 4.56. The van der Waals surface area contributed by atoms with Crippen LogP contribution in [0, 0.1) is 0 Å². The van der Waals surface area contributed by atoms with Crippen LogP contribution in [-0.4, -0.2) is 41.5 Å². The van der Waals surface area contributed by atoms with Gasteiger partial charge in [0, 0.05) is 24.7 Å². The van der Waals surface area contributed by atoms with Crippen LogP contribution in [0.25, 0.3) is 0 Å². The summed E-state index contributed by atoms with van der Waals surface area (Å²) in [6.07, 6.45) is 0. The lowest BCUT2D eigenvalue weighted by Crippen LogP contribution is -2.36. The Kier molecular flexibility index (Phi) is 4.03. The Hall–Kier alpha value is -1.79. The number of halogens is 1. The largest absolute Gasteiger partial charge is 0.378 e. The SMILES string of the molecule is Clc1ccc(CNc2nc(N3CCOCC3)n[nH]2)cc1. The van der Waals surface area contributed by atoms with Crippen LogP contribution in [0.1, 0.15) is 5.56 Å². The molecule has 1 aliphatic heterocycles. The lowest BCUT2D eigenvalue weighted by Gasteiger charge is -2.25. The molecule has 0 atom stereocenters. The van der Waals surface area contributed by atoms with E-state index in [-0.39, 0.29) is 0 Å². The summed E-state index contributed by atoms with van der Waals surface area (Å²) in [5.74, 6) is 1.38. The Balaban J connectivity index is 1.58. The maximum Gasteiger partial charge on any atom is 0.246 e. The monoisotopic (exact) mass is 293 g/mol. The van der Waals surface area contributed by atoms with E-state index in [9.17, 15) is 0 Å². The van der Waals surface area contributed by atoms with E-state index in [0.717, 1.165) is 36.9 Å². The van der Waals surface area contributed by atoms with Crippen molar-refractivity contribution in [3.05, 3.63) is 34.9 Å². The van der Waals surface area contributed by atoms with Crippen molar-refractivity contribution in [3.63, 3.8) is 0 Å². The summed E-state index contributed by atoms with van der Waals surface area (Å²) in [6, 6.07) is 7.71. The summed E-state index contributed by atoms with van der Waals surface area (Å²) in [7, 11) is 0. The molecular formula is C13H16ClN5O. The molecule has 2 N–H and O–H groups in total. The van der Waals surface area contributed by atoms with Gasteiger partial charge < -0.3 is 15.0 Å². The normalized spacial score (nSPS) is 15.3. The number of nitrogens with zero attached hydrogens (tertiary/aromatic N) is 3.